The van der Waals surface area contributed by atoms with E-state index in [1.165, 1.54) is 0 Å². The molecule has 2 N–H and O–H groups in total. The van der Waals surface area contributed by atoms with Gasteiger partial charge in [-0.3, -0.25) is 4.79 Å². The molecule has 0 saturated heterocycles. The van der Waals surface area contributed by atoms with Gasteiger partial charge >= 0.3 is 0 Å². The molecule has 2 nitrogen and oxygen atoms in total. The summed E-state index contributed by atoms with van der Waals surface area (Å²) in [5, 5.41) is 0.701. The van der Waals surface area contributed by atoms with Crippen LogP contribution in [-0.2, 0) is 11.2 Å². The van der Waals surface area contributed by atoms with E-state index in [0.717, 1.165) is 31.2 Å². The number of benzene rings is 1. The van der Waals surface area contributed by atoms with Crippen molar-refractivity contribution in [2.24, 2.45) is 5.73 Å². The molecular weight excluding hydrogens is 234 g/mol. The summed E-state index contributed by atoms with van der Waals surface area (Å²) in [7, 11) is 0. The fourth-order valence-electron chi connectivity index (χ4n) is 2.54. The number of carbonyl (C=O) groups excluding carboxylic acids is 1. The highest BCUT2D eigenvalue weighted by atomic mass is 35.5. The zero-order valence-corrected chi connectivity index (χ0v) is 10.7. The van der Waals surface area contributed by atoms with Crippen molar-refractivity contribution in [1.82, 2.24) is 0 Å². The number of nitrogens with two attached hydrogens (primary N) is 1. The Morgan fingerprint density at radius 2 is 1.82 bits per heavy atom. The molecule has 1 aromatic rings. The molecule has 0 aliphatic heterocycles. The van der Waals surface area contributed by atoms with Crippen LogP contribution in [0.2, 0.25) is 5.02 Å². The van der Waals surface area contributed by atoms with Crippen molar-refractivity contribution in [3.8, 4) is 0 Å². The van der Waals surface area contributed by atoms with Gasteiger partial charge in [0, 0.05) is 23.4 Å². The zero-order valence-electron chi connectivity index (χ0n) is 9.92. The average molecular weight is 252 g/mol. The van der Waals surface area contributed by atoms with Gasteiger partial charge in [0.15, 0.2) is 0 Å². The van der Waals surface area contributed by atoms with E-state index < -0.39 is 0 Å². The van der Waals surface area contributed by atoms with Crippen LogP contribution in [0.25, 0.3) is 0 Å². The number of hydrogen-bond acceptors (Lipinski definition) is 2. The molecule has 0 spiro atoms. The van der Waals surface area contributed by atoms with Crippen LogP contribution in [0.4, 0.5) is 0 Å². The lowest BCUT2D eigenvalue weighted by molar-refractivity contribution is -0.119. The largest absolute Gasteiger partial charge is 0.325 e. The molecule has 17 heavy (non-hydrogen) atoms. The lowest BCUT2D eigenvalue weighted by Gasteiger charge is -2.22. The molecule has 1 fully saturated rings. The van der Waals surface area contributed by atoms with Crippen LogP contribution in [-0.4, -0.2) is 11.3 Å². The van der Waals surface area contributed by atoms with Crippen molar-refractivity contribution in [3.05, 3.63) is 34.9 Å². The molecule has 0 bridgehead atoms. The van der Waals surface area contributed by atoms with Crippen LogP contribution >= 0.6 is 11.6 Å². The Bertz CT molecular complexity index is 393. The van der Waals surface area contributed by atoms with Gasteiger partial charge in [-0.25, -0.2) is 0 Å². The first-order chi connectivity index (χ1) is 8.07. The molecule has 1 aromatic carbocycles. The normalized spacial score (nSPS) is 18.2. The standard InChI is InChI=1S/C14H18ClNO/c15-12-5-3-11(4-6-12)9-13(17)10-14(16)7-1-2-8-14/h3-6H,1-2,7-10,16H2. The molecule has 3 heteroatoms. The molecule has 2 rings (SSSR count). The summed E-state index contributed by atoms with van der Waals surface area (Å²) in [4.78, 5) is 11.9. The Labute approximate surface area is 107 Å². The number of halogens is 1. The van der Waals surface area contributed by atoms with Crippen molar-refractivity contribution in [2.45, 2.75) is 44.1 Å². The summed E-state index contributed by atoms with van der Waals surface area (Å²) in [6, 6.07) is 7.44. The number of rotatable bonds is 4. The minimum Gasteiger partial charge on any atom is -0.325 e. The van der Waals surface area contributed by atoms with Gasteiger partial charge in [-0.15, -0.1) is 0 Å². The molecule has 0 atom stereocenters. The first-order valence-corrected chi connectivity index (χ1v) is 6.50. The van der Waals surface area contributed by atoms with Gasteiger partial charge in [-0.05, 0) is 30.5 Å². The number of ketones is 1. The number of Topliss-reactive ketones (excluding diaryl/α,β-unsaturated/α-hetero) is 1. The summed E-state index contributed by atoms with van der Waals surface area (Å²) in [5.41, 5.74) is 6.98. The first-order valence-electron chi connectivity index (χ1n) is 6.12. The Kier molecular flexibility index (Phi) is 3.85. The molecule has 1 aliphatic carbocycles. The molecule has 0 amide bonds. The van der Waals surface area contributed by atoms with E-state index in [1.807, 2.05) is 24.3 Å². The fraction of sp³-hybridized carbons (Fsp3) is 0.500. The Morgan fingerprint density at radius 1 is 1.24 bits per heavy atom. The maximum atomic E-state index is 11.9. The predicted molar refractivity (Wildman–Crippen MR) is 70.2 cm³/mol. The van der Waals surface area contributed by atoms with Crippen molar-refractivity contribution < 1.29 is 4.79 Å². The van der Waals surface area contributed by atoms with E-state index in [-0.39, 0.29) is 11.3 Å². The van der Waals surface area contributed by atoms with Crippen molar-refractivity contribution in [3.63, 3.8) is 0 Å². The van der Waals surface area contributed by atoms with Gasteiger partial charge in [0.05, 0.1) is 0 Å². The van der Waals surface area contributed by atoms with Crippen LogP contribution in [0.15, 0.2) is 24.3 Å². The lowest BCUT2D eigenvalue weighted by atomic mass is 9.90. The summed E-state index contributed by atoms with van der Waals surface area (Å²) >= 11 is 5.80. The van der Waals surface area contributed by atoms with E-state index in [4.69, 9.17) is 17.3 Å². The number of hydrogen-bond donors (Lipinski definition) is 1. The summed E-state index contributed by atoms with van der Waals surface area (Å²) < 4.78 is 0. The number of carbonyl (C=O) groups is 1. The third kappa shape index (κ3) is 3.55. The van der Waals surface area contributed by atoms with Crippen molar-refractivity contribution in [2.75, 3.05) is 0 Å². The maximum Gasteiger partial charge on any atom is 0.139 e. The summed E-state index contributed by atoms with van der Waals surface area (Å²) in [6.45, 7) is 0. The minimum absolute atomic E-state index is 0.233. The SMILES string of the molecule is NC1(CC(=O)Cc2ccc(Cl)cc2)CCCC1. The van der Waals surface area contributed by atoms with Crippen LogP contribution in [0, 0.1) is 0 Å². The van der Waals surface area contributed by atoms with Gasteiger partial charge in [0.1, 0.15) is 5.78 Å². The summed E-state index contributed by atoms with van der Waals surface area (Å²) in [5.74, 6) is 0.233. The van der Waals surface area contributed by atoms with Gasteiger partial charge in [-0.2, -0.15) is 0 Å². The van der Waals surface area contributed by atoms with Crippen molar-refractivity contribution in [1.29, 1.82) is 0 Å². The Hall–Kier alpha value is -0.860. The van der Waals surface area contributed by atoms with Crippen molar-refractivity contribution >= 4 is 17.4 Å². The van der Waals surface area contributed by atoms with Gasteiger partial charge in [-0.1, -0.05) is 36.6 Å². The zero-order chi connectivity index (χ0) is 12.3. The minimum atomic E-state index is -0.233. The highest BCUT2D eigenvalue weighted by Crippen LogP contribution is 2.30. The molecule has 1 aliphatic rings. The van der Waals surface area contributed by atoms with E-state index in [2.05, 4.69) is 0 Å². The average Bonchev–Trinajstić information content (AvgIpc) is 2.68. The molecule has 0 radical (unpaired) electrons. The van der Waals surface area contributed by atoms with E-state index in [1.54, 1.807) is 0 Å². The van der Waals surface area contributed by atoms with E-state index in [9.17, 15) is 4.79 Å². The fourth-order valence-corrected chi connectivity index (χ4v) is 2.67. The Morgan fingerprint density at radius 3 is 2.41 bits per heavy atom. The molecule has 1 saturated carbocycles. The molecule has 0 heterocycles. The topological polar surface area (TPSA) is 43.1 Å². The second-order valence-electron chi connectivity index (χ2n) is 5.09. The van der Waals surface area contributed by atoms with Crippen LogP contribution in [0.5, 0.6) is 0 Å². The predicted octanol–water partition coefficient (Wildman–Crippen LogP) is 3.11. The summed E-state index contributed by atoms with van der Waals surface area (Å²) in [6.07, 6.45) is 5.26. The molecule has 92 valence electrons. The van der Waals surface area contributed by atoms with E-state index >= 15 is 0 Å². The van der Waals surface area contributed by atoms with Crippen LogP contribution in [0.3, 0.4) is 0 Å². The quantitative estimate of drug-likeness (QED) is 0.894. The van der Waals surface area contributed by atoms with Gasteiger partial charge in [0.2, 0.25) is 0 Å². The second-order valence-corrected chi connectivity index (χ2v) is 5.52. The van der Waals surface area contributed by atoms with Crippen LogP contribution in [0.1, 0.15) is 37.7 Å². The highest BCUT2D eigenvalue weighted by molar-refractivity contribution is 6.30. The third-order valence-corrected chi connectivity index (χ3v) is 3.72. The van der Waals surface area contributed by atoms with Gasteiger partial charge in [0.25, 0.3) is 0 Å². The molecule has 0 unspecified atom stereocenters. The maximum absolute atomic E-state index is 11.9. The molecular formula is C14H18ClNO. The Balaban J connectivity index is 1.91. The third-order valence-electron chi connectivity index (χ3n) is 3.46. The smallest absolute Gasteiger partial charge is 0.139 e. The first kappa shape index (κ1) is 12.6. The highest BCUT2D eigenvalue weighted by Gasteiger charge is 2.31. The monoisotopic (exact) mass is 251 g/mol. The second kappa shape index (κ2) is 5.19. The van der Waals surface area contributed by atoms with Crippen LogP contribution < -0.4 is 5.73 Å². The van der Waals surface area contributed by atoms with E-state index in [0.29, 0.717) is 17.9 Å². The lowest BCUT2D eigenvalue weighted by Crippen LogP contribution is -2.39. The van der Waals surface area contributed by atoms with Gasteiger partial charge < -0.3 is 5.73 Å². The molecule has 0 aromatic heterocycles.